The maximum absolute atomic E-state index is 12.1. The van der Waals surface area contributed by atoms with Gasteiger partial charge in [-0.15, -0.1) is 0 Å². The lowest BCUT2D eigenvalue weighted by molar-refractivity contribution is -0.121. The molecule has 1 aromatic rings. The number of nitrogens with one attached hydrogen (secondary N) is 2. The normalized spacial score (nSPS) is 11.1. The van der Waals surface area contributed by atoms with E-state index in [1.165, 1.54) is 12.1 Å². The molecule has 0 unspecified atom stereocenters. The van der Waals surface area contributed by atoms with Gasteiger partial charge < -0.3 is 20.1 Å². The van der Waals surface area contributed by atoms with Crippen LogP contribution in [0.5, 0.6) is 5.75 Å². The highest BCUT2D eigenvalue weighted by molar-refractivity contribution is 5.77. The molecule has 0 aliphatic rings. The molecule has 0 saturated heterocycles. The van der Waals surface area contributed by atoms with Crippen molar-refractivity contribution < 1.29 is 27.8 Å². The number of amides is 2. The third-order valence-electron chi connectivity index (χ3n) is 2.63. The van der Waals surface area contributed by atoms with Gasteiger partial charge >= 0.3 is 12.7 Å². The molecule has 24 heavy (non-hydrogen) atoms. The molecule has 1 rings (SSSR count). The highest BCUT2D eigenvalue weighted by Gasteiger charge is 2.15. The second kappa shape index (κ2) is 9.05. The van der Waals surface area contributed by atoms with Gasteiger partial charge in [0.2, 0.25) is 5.91 Å². The Balaban J connectivity index is 2.30. The Morgan fingerprint density at radius 1 is 1.21 bits per heavy atom. The first-order chi connectivity index (χ1) is 11.2. The highest BCUT2D eigenvalue weighted by Crippen LogP contribution is 2.15. The minimum atomic E-state index is -2.89. The molecule has 0 atom stereocenters. The standard InChI is InChI=1S/C16H22F2N2O4/c1-16(2,3)24-15(22)19-8-7-13(21)20-10-11-5-4-6-12(9-11)23-14(17)18/h4-6,9,14H,7-8,10H2,1-3H3,(H,19,22)(H,20,21). The molecule has 0 aliphatic carbocycles. The van der Waals surface area contributed by atoms with Crippen molar-refractivity contribution in [3.63, 3.8) is 0 Å². The Kier molecular flexibility index (Phi) is 7.41. The van der Waals surface area contributed by atoms with E-state index in [4.69, 9.17) is 4.74 Å². The number of carbonyl (C=O) groups excluding carboxylic acids is 2. The van der Waals surface area contributed by atoms with Crippen molar-refractivity contribution in [2.45, 2.75) is 45.9 Å². The molecule has 6 nitrogen and oxygen atoms in total. The number of alkyl carbamates (subject to hydrolysis) is 1. The number of alkyl halides is 2. The maximum atomic E-state index is 12.1. The van der Waals surface area contributed by atoms with Gasteiger partial charge in [-0.2, -0.15) is 8.78 Å². The summed E-state index contributed by atoms with van der Waals surface area (Å²) >= 11 is 0. The van der Waals surface area contributed by atoms with Crippen LogP contribution in [-0.2, 0) is 16.1 Å². The SMILES string of the molecule is CC(C)(C)OC(=O)NCCC(=O)NCc1cccc(OC(F)F)c1. The quantitative estimate of drug-likeness (QED) is 0.797. The van der Waals surface area contributed by atoms with Crippen molar-refractivity contribution in [3.8, 4) is 5.75 Å². The van der Waals surface area contributed by atoms with Gasteiger partial charge in [-0.25, -0.2) is 4.79 Å². The molecule has 0 aromatic heterocycles. The zero-order chi connectivity index (χ0) is 18.2. The largest absolute Gasteiger partial charge is 0.444 e. The van der Waals surface area contributed by atoms with Crippen molar-refractivity contribution in [1.82, 2.24) is 10.6 Å². The monoisotopic (exact) mass is 344 g/mol. The molecule has 0 saturated carbocycles. The lowest BCUT2D eigenvalue weighted by atomic mass is 10.2. The Hall–Kier alpha value is -2.38. The summed E-state index contributed by atoms with van der Waals surface area (Å²) in [6, 6.07) is 6.06. The van der Waals surface area contributed by atoms with Gasteiger partial charge in [0.1, 0.15) is 11.4 Å². The molecule has 0 bridgehead atoms. The number of hydrogen-bond acceptors (Lipinski definition) is 4. The fourth-order valence-corrected chi connectivity index (χ4v) is 1.71. The van der Waals surface area contributed by atoms with Crippen LogP contribution >= 0.6 is 0 Å². The van der Waals surface area contributed by atoms with Crippen LogP contribution in [0.25, 0.3) is 0 Å². The van der Waals surface area contributed by atoms with E-state index < -0.39 is 18.3 Å². The minimum absolute atomic E-state index is 0.0309. The Labute approximate surface area is 139 Å². The number of benzene rings is 1. The predicted molar refractivity (Wildman–Crippen MR) is 83.8 cm³/mol. The van der Waals surface area contributed by atoms with Crippen molar-refractivity contribution >= 4 is 12.0 Å². The lowest BCUT2D eigenvalue weighted by Crippen LogP contribution is -2.35. The predicted octanol–water partition coefficient (Wildman–Crippen LogP) is 2.82. The first-order valence-corrected chi connectivity index (χ1v) is 7.43. The Morgan fingerprint density at radius 3 is 2.54 bits per heavy atom. The molecule has 0 heterocycles. The number of halogens is 2. The van der Waals surface area contributed by atoms with E-state index in [0.717, 1.165) is 0 Å². The summed E-state index contributed by atoms with van der Waals surface area (Å²) in [7, 11) is 0. The highest BCUT2D eigenvalue weighted by atomic mass is 19.3. The molecule has 2 N–H and O–H groups in total. The van der Waals surface area contributed by atoms with Crippen LogP contribution in [0.2, 0.25) is 0 Å². The smallest absolute Gasteiger partial charge is 0.407 e. The number of ether oxygens (including phenoxy) is 2. The van der Waals surface area contributed by atoms with Crippen LogP contribution in [0.3, 0.4) is 0 Å². The molecule has 0 fully saturated rings. The van der Waals surface area contributed by atoms with Gasteiger partial charge in [0.05, 0.1) is 0 Å². The molecule has 2 amide bonds. The summed E-state index contributed by atoms with van der Waals surface area (Å²) in [6.45, 7) is 2.64. The minimum Gasteiger partial charge on any atom is -0.444 e. The van der Waals surface area contributed by atoms with Crippen LogP contribution in [0, 0.1) is 0 Å². The molecule has 1 aromatic carbocycles. The first-order valence-electron chi connectivity index (χ1n) is 7.43. The van der Waals surface area contributed by atoms with E-state index in [9.17, 15) is 18.4 Å². The second-order valence-electron chi connectivity index (χ2n) is 5.98. The van der Waals surface area contributed by atoms with E-state index in [2.05, 4.69) is 15.4 Å². The average Bonchev–Trinajstić information content (AvgIpc) is 2.43. The lowest BCUT2D eigenvalue weighted by Gasteiger charge is -2.19. The molecule has 8 heteroatoms. The number of hydrogen-bond donors (Lipinski definition) is 2. The van der Waals surface area contributed by atoms with Crippen LogP contribution in [-0.4, -0.2) is 30.8 Å². The van der Waals surface area contributed by atoms with Crippen molar-refractivity contribution in [2.24, 2.45) is 0 Å². The molecule has 134 valence electrons. The van der Waals surface area contributed by atoms with Gasteiger partial charge in [0.15, 0.2) is 0 Å². The van der Waals surface area contributed by atoms with E-state index >= 15 is 0 Å². The zero-order valence-corrected chi connectivity index (χ0v) is 13.9. The van der Waals surface area contributed by atoms with Crippen LogP contribution in [0.15, 0.2) is 24.3 Å². The van der Waals surface area contributed by atoms with Crippen LogP contribution < -0.4 is 15.4 Å². The van der Waals surface area contributed by atoms with E-state index in [1.807, 2.05) is 0 Å². The van der Waals surface area contributed by atoms with Crippen molar-refractivity contribution in [1.29, 1.82) is 0 Å². The summed E-state index contributed by atoms with van der Waals surface area (Å²) in [5, 5.41) is 5.10. The number of carbonyl (C=O) groups is 2. The van der Waals surface area contributed by atoms with Gasteiger partial charge in [-0.05, 0) is 38.5 Å². The first kappa shape index (κ1) is 19.7. The Bertz CT molecular complexity index is 559. The van der Waals surface area contributed by atoms with E-state index in [-0.39, 0.29) is 31.2 Å². The molecule has 0 spiro atoms. The summed E-state index contributed by atoms with van der Waals surface area (Å²) in [4.78, 5) is 23.1. The van der Waals surface area contributed by atoms with E-state index in [0.29, 0.717) is 5.56 Å². The van der Waals surface area contributed by atoms with Gasteiger partial charge in [0.25, 0.3) is 0 Å². The summed E-state index contributed by atoms with van der Waals surface area (Å²) < 4.78 is 33.6. The molecule has 0 radical (unpaired) electrons. The molecular weight excluding hydrogens is 322 g/mol. The third kappa shape index (κ3) is 8.92. The second-order valence-corrected chi connectivity index (χ2v) is 5.98. The average molecular weight is 344 g/mol. The fraction of sp³-hybridized carbons (Fsp3) is 0.500. The molecular formula is C16H22F2N2O4. The van der Waals surface area contributed by atoms with Crippen LogP contribution in [0.1, 0.15) is 32.8 Å². The van der Waals surface area contributed by atoms with E-state index in [1.54, 1.807) is 32.9 Å². The number of rotatable bonds is 7. The fourth-order valence-electron chi connectivity index (χ4n) is 1.71. The van der Waals surface area contributed by atoms with Crippen molar-refractivity contribution in [2.75, 3.05) is 6.54 Å². The van der Waals surface area contributed by atoms with Crippen molar-refractivity contribution in [3.05, 3.63) is 29.8 Å². The summed E-state index contributed by atoms with van der Waals surface area (Å²) in [5.74, 6) is -0.255. The van der Waals surface area contributed by atoms with Crippen LogP contribution in [0.4, 0.5) is 13.6 Å². The molecule has 0 aliphatic heterocycles. The van der Waals surface area contributed by atoms with Gasteiger partial charge in [0, 0.05) is 19.5 Å². The zero-order valence-electron chi connectivity index (χ0n) is 13.9. The summed E-state index contributed by atoms with van der Waals surface area (Å²) in [6.07, 6.45) is -0.515. The Morgan fingerprint density at radius 2 is 1.92 bits per heavy atom. The summed E-state index contributed by atoms with van der Waals surface area (Å²) in [5.41, 5.74) is 0.0269. The topological polar surface area (TPSA) is 76.7 Å². The third-order valence-corrected chi connectivity index (χ3v) is 2.63. The maximum Gasteiger partial charge on any atom is 0.407 e. The van der Waals surface area contributed by atoms with Gasteiger partial charge in [-0.3, -0.25) is 4.79 Å². The van der Waals surface area contributed by atoms with Gasteiger partial charge in [-0.1, -0.05) is 12.1 Å².